The zero-order chi connectivity index (χ0) is 12.2. The zero-order valence-corrected chi connectivity index (χ0v) is 11.6. The monoisotopic (exact) mass is 226 g/mol. The van der Waals surface area contributed by atoms with Crippen LogP contribution in [0.3, 0.4) is 0 Å². The molecule has 1 fully saturated rings. The van der Waals surface area contributed by atoms with Crippen molar-refractivity contribution in [1.29, 1.82) is 0 Å². The van der Waals surface area contributed by atoms with Gasteiger partial charge in [0.1, 0.15) is 0 Å². The fourth-order valence-corrected chi connectivity index (χ4v) is 3.38. The Hall–Kier alpha value is -0.0400. The van der Waals surface area contributed by atoms with Gasteiger partial charge in [0, 0.05) is 0 Å². The van der Waals surface area contributed by atoms with Crippen LogP contribution in [0.25, 0.3) is 0 Å². The van der Waals surface area contributed by atoms with E-state index in [-0.39, 0.29) is 5.60 Å². The summed E-state index contributed by atoms with van der Waals surface area (Å²) in [6.45, 7) is 9.12. The largest absolute Gasteiger partial charge is 0.390 e. The zero-order valence-electron chi connectivity index (χ0n) is 11.6. The second kappa shape index (κ2) is 6.05. The van der Waals surface area contributed by atoms with Gasteiger partial charge in [0.05, 0.1) is 5.60 Å². The van der Waals surface area contributed by atoms with Gasteiger partial charge >= 0.3 is 0 Å². The first-order valence-electron chi connectivity index (χ1n) is 7.19. The van der Waals surface area contributed by atoms with E-state index in [0.29, 0.717) is 5.92 Å². The predicted molar refractivity (Wildman–Crippen MR) is 70.4 cm³/mol. The normalized spacial score (nSPS) is 33.0. The van der Waals surface area contributed by atoms with Crippen LogP contribution < -0.4 is 0 Å². The van der Waals surface area contributed by atoms with Crippen molar-refractivity contribution >= 4 is 0 Å². The Bertz CT molecular complexity index is 200. The molecule has 0 aromatic carbocycles. The summed E-state index contributed by atoms with van der Waals surface area (Å²) in [5.74, 6) is 2.15. The van der Waals surface area contributed by atoms with Gasteiger partial charge in [-0.2, -0.15) is 0 Å². The molecule has 0 amide bonds. The summed E-state index contributed by atoms with van der Waals surface area (Å²) < 4.78 is 0. The van der Waals surface area contributed by atoms with Gasteiger partial charge in [-0.1, -0.05) is 47.0 Å². The average molecular weight is 226 g/mol. The Balaban J connectivity index is 2.48. The van der Waals surface area contributed by atoms with Gasteiger partial charge in [-0.05, 0) is 43.4 Å². The topological polar surface area (TPSA) is 20.2 Å². The highest BCUT2D eigenvalue weighted by molar-refractivity contribution is 4.88. The standard InChI is InChI=1S/C15H30O/c1-5-7-13(4)10-15(16)9-6-8-14(11-15)12(2)3/h12-14,16H,5-11H2,1-4H3. The van der Waals surface area contributed by atoms with Crippen LogP contribution in [0.4, 0.5) is 0 Å². The van der Waals surface area contributed by atoms with Gasteiger partial charge in [0.15, 0.2) is 0 Å². The first-order chi connectivity index (χ1) is 7.47. The molecule has 16 heavy (non-hydrogen) atoms. The molecule has 0 saturated heterocycles. The first-order valence-corrected chi connectivity index (χ1v) is 7.19. The highest BCUT2D eigenvalue weighted by Crippen LogP contribution is 2.40. The van der Waals surface area contributed by atoms with Crippen LogP contribution in [0.15, 0.2) is 0 Å². The molecular weight excluding hydrogens is 196 g/mol. The highest BCUT2D eigenvalue weighted by atomic mass is 16.3. The molecule has 0 bridgehead atoms. The summed E-state index contributed by atoms with van der Waals surface area (Å²) in [7, 11) is 0. The van der Waals surface area contributed by atoms with E-state index in [2.05, 4.69) is 27.7 Å². The maximum Gasteiger partial charge on any atom is 0.0653 e. The second-order valence-corrected chi connectivity index (χ2v) is 6.42. The van der Waals surface area contributed by atoms with Crippen LogP contribution in [0.1, 0.15) is 72.6 Å². The molecular formula is C15H30O. The van der Waals surface area contributed by atoms with Gasteiger partial charge in [0.2, 0.25) is 0 Å². The highest BCUT2D eigenvalue weighted by Gasteiger charge is 2.36. The van der Waals surface area contributed by atoms with E-state index in [1.807, 2.05) is 0 Å². The van der Waals surface area contributed by atoms with Crippen molar-refractivity contribution in [2.75, 3.05) is 0 Å². The molecule has 1 aliphatic carbocycles. The van der Waals surface area contributed by atoms with Crippen LogP contribution in [0.5, 0.6) is 0 Å². The molecule has 0 heterocycles. The summed E-state index contributed by atoms with van der Waals surface area (Å²) in [6.07, 6.45) is 8.13. The minimum atomic E-state index is -0.345. The van der Waals surface area contributed by atoms with Crippen LogP contribution in [0, 0.1) is 17.8 Å². The predicted octanol–water partition coefficient (Wildman–Crippen LogP) is 4.39. The molecule has 1 nitrogen and oxygen atoms in total. The van der Waals surface area contributed by atoms with E-state index in [9.17, 15) is 5.11 Å². The fourth-order valence-electron chi connectivity index (χ4n) is 3.38. The molecule has 1 saturated carbocycles. The van der Waals surface area contributed by atoms with Crippen molar-refractivity contribution in [2.45, 2.75) is 78.2 Å². The average Bonchev–Trinajstić information content (AvgIpc) is 2.16. The quantitative estimate of drug-likeness (QED) is 0.737. The summed E-state index contributed by atoms with van der Waals surface area (Å²) in [6, 6.07) is 0. The molecule has 3 unspecified atom stereocenters. The van der Waals surface area contributed by atoms with Gasteiger partial charge < -0.3 is 5.11 Å². The van der Waals surface area contributed by atoms with Gasteiger partial charge in [-0.3, -0.25) is 0 Å². The van der Waals surface area contributed by atoms with E-state index < -0.39 is 0 Å². The van der Waals surface area contributed by atoms with Gasteiger partial charge in [0.25, 0.3) is 0 Å². The molecule has 3 atom stereocenters. The van der Waals surface area contributed by atoms with E-state index in [4.69, 9.17) is 0 Å². The van der Waals surface area contributed by atoms with E-state index in [1.54, 1.807) is 0 Å². The molecule has 1 heteroatoms. The lowest BCUT2D eigenvalue weighted by Crippen LogP contribution is -2.38. The third-order valence-corrected chi connectivity index (χ3v) is 4.31. The number of hydrogen-bond acceptors (Lipinski definition) is 1. The van der Waals surface area contributed by atoms with Crippen molar-refractivity contribution in [1.82, 2.24) is 0 Å². The lowest BCUT2D eigenvalue weighted by molar-refractivity contribution is -0.0419. The summed E-state index contributed by atoms with van der Waals surface area (Å²) in [5, 5.41) is 10.7. The Morgan fingerprint density at radius 1 is 1.31 bits per heavy atom. The van der Waals surface area contributed by atoms with Crippen LogP contribution in [-0.4, -0.2) is 10.7 Å². The Morgan fingerprint density at radius 3 is 2.56 bits per heavy atom. The molecule has 0 aromatic rings. The van der Waals surface area contributed by atoms with Crippen molar-refractivity contribution in [3.05, 3.63) is 0 Å². The minimum Gasteiger partial charge on any atom is -0.390 e. The van der Waals surface area contributed by atoms with Crippen molar-refractivity contribution in [3.63, 3.8) is 0 Å². The minimum absolute atomic E-state index is 0.345. The van der Waals surface area contributed by atoms with Crippen molar-refractivity contribution < 1.29 is 5.11 Å². The van der Waals surface area contributed by atoms with Crippen molar-refractivity contribution in [3.8, 4) is 0 Å². The Morgan fingerprint density at radius 2 is 2.00 bits per heavy atom. The van der Waals surface area contributed by atoms with Gasteiger partial charge in [-0.25, -0.2) is 0 Å². The molecule has 1 N–H and O–H groups in total. The third kappa shape index (κ3) is 4.08. The Kier molecular flexibility index (Phi) is 5.30. The third-order valence-electron chi connectivity index (χ3n) is 4.31. The van der Waals surface area contributed by atoms with Gasteiger partial charge in [-0.15, -0.1) is 0 Å². The van der Waals surface area contributed by atoms with E-state index in [1.165, 1.54) is 25.7 Å². The fraction of sp³-hybridized carbons (Fsp3) is 1.00. The van der Waals surface area contributed by atoms with E-state index >= 15 is 0 Å². The van der Waals surface area contributed by atoms with Crippen LogP contribution in [-0.2, 0) is 0 Å². The second-order valence-electron chi connectivity index (χ2n) is 6.42. The molecule has 0 spiro atoms. The molecule has 1 rings (SSSR count). The molecule has 0 aliphatic heterocycles. The maximum absolute atomic E-state index is 10.7. The lowest BCUT2D eigenvalue weighted by atomic mass is 9.70. The van der Waals surface area contributed by atoms with Crippen LogP contribution >= 0.6 is 0 Å². The lowest BCUT2D eigenvalue weighted by Gasteiger charge is -2.40. The van der Waals surface area contributed by atoms with E-state index in [0.717, 1.165) is 31.1 Å². The van der Waals surface area contributed by atoms with Crippen LogP contribution in [0.2, 0.25) is 0 Å². The molecule has 1 aliphatic rings. The number of rotatable bonds is 5. The summed E-state index contributed by atoms with van der Waals surface area (Å²) >= 11 is 0. The molecule has 0 aromatic heterocycles. The first kappa shape index (κ1) is 14.0. The SMILES string of the molecule is CCCC(C)CC1(O)CCCC(C(C)C)C1. The smallest absolute Gasteiger partial charge is 0.0653 e. The number of hydrogen-bond donors (Lipinski definition) is 1. The molecule has 96 valence electrons. The Labute approximate surface area is 102 Å². The maximum atomic E-state index is 10.7. The summed E-state index contributed by atoms with van der Waals surface area (Å²) in [5.41, 5.74) is -0.345. The number of aliphatic hydroxyl groups is 1. The summed E-state index contributed by atoms with van der Waals surface area (Å²) in [4.78, 5) is 0. The molecule has 0 radical (unpaired) electrons. The van der Waals surface area contributed by atoms with Crippen molar-refractivity contribution in [2.24, 2.45) is 17.8 Å².